The number of rotatable bonds is 12. The Morgan fingerprint density at radius 1 is 1.03 bits per heavy atom. The maximum absolute atomic E-state index is 11.1. The quantitative estimate of drug-likeness (QED) is 0.105. The standard InChI is InChI=1S/C27H44O3Si/c1-8-9-10-11-13-16-19-22-25(30-31(6,7)27(2,3)4)23-20-17-14-12-15-18-21-24-26(28)29-5/h13,16,19,22,25H,8-11,14,18,21,23-24H2,1-7H3/b16-13-,22-19+/t25-/m0/s1. The fraction of sp³-hybridized carbons (Fsp3) is 0.667. The Hall–Kier alpha value is -1.75. The van der Waals surface area contributed by atoms with Crippen LogP contribution in [0.15, 0.2) is 24.3 Å². The second-order valence-corrected chi connectivity index (χ2v) is 14.0. The summed E-state index contributed by atoms with van der Waals surface area (Å²) in [6.45, 7) is 13.6. The van der Waals surface area contributed by atoms with E-state index in [1.54, 1.807) is 0 Å². The molecule has 0 saturated carbocycles. The van der Waals surface area contributed by atoms with Crippen molar-refractivity contribution < 1.29 is 14.0 Å². The van der Waals surface area contributed by atoms with Crippen LogP contribution in [0.1, 0.15) is 85.5 Å². The molecule has 174 valence electrons. The monoisotopic (exact) mass is 444 g/mol. The summed E-state index contributed by atoms with van der Waals surface area (Å²) in [6.07, 6.45) is 16.6. The van der Waals surface area contributed by atoms with Crippen LogP contribution in [0.3, 0.4) is 0 Å². The van der Waals surface area contributed by atoms with Gasteiger partial charge in [0, 0.05) is 19.3 Å². The van der Waals surface area contributed by atoms with Gasteiger partial charge in [0.25, 0.3) is 0 Å². The van der Waals surface area contributed by atoms with Crippen LogP contribution in [-0.4, -0.2) is 27.5 Å². The van der Waals surface area contributed by atoms with E-state index in [1.807, 2.05) is 0 Å². The van der Waals surface area contributed by atoms with Crippen LogP contribution in [0.2, 0.25) is 18.1 Å². The third-order valence-electron chi connectivity index (χ3n) is 5.44. The number of methoxy groups -OCH3 is 1. The number of hydrogen-bond acceptors (Lipinski definition) is 3. The number of ether oxygens (including phenoxy) is 1. The Labute approximate surface area is 193 Å². The molecule has 0 aromatic heterocycles. The second kappa shape index (κ2) is 16.9. The molecule has 0 N–H and O–H groups in total. The minimum Gasteiger partial charge on any atom is -0.469 e. The normalized spacial score (nSPS) is 12.9. The summed E-state index contributed by atoms with van der Waals surface area (Å²) >= 11 is 0. The molecule has 0 radical (unpaired) electrons. The molecule has 0 aliphatic rings. The molecular formula is C27H44O3Si. The first-order valence-corrected chi connectivity index (χ1v) is 14.5. The van der Waals surface area contributed by atoms with Gasteiger partial charge < -0.3 is 9.16 Å². The first-order chi connectivity index (χ1) is 14.6. The maximum Gasteiger partial charge on any atom is 0.305 e. The summed E-state index contributed by atoms with van der Waals surface area (Å²) in [6, 6.07) is 0. The third-order valence-corrected chi connectivity index (χ3v) is 9.94. The molecule has 4 heteroatoms. The molecule has 0 aliphatic heterocycles. The predicted molar refractivity (Wildman–Crippen MR) is 135 cm³/mol. The molecule has 0 aromatic rings. The minimum absolute atomic E-state index is 0.00157. The van der Waals surface area contributed by atoms with Crippen molar-refractivity contribution in [3.05, 3.63) is 24.3 Å². The summed E-state index contributed by atoms with van der Waals surface area (Å²) in [5, 5.41) is 0.165. The zero-order valence-corrected chi connectivity index (χ0v) is 22.0. The van der Waals surface area contributed by atoms with Crippen LogP contribution in [-0.2, 0) is 14.0 Å². The first-order valence-electron chi connectivity index (χ1n) is 11.6. The van der Waals surface area contributed by atoms with Crippen LogP contribution in [0.25, 0.3) is 0 Å². The highest BCUT2D eigenvalue weighted by Gasteiger charge is 2.38. The Morgan fingerprint density at radius 3 is 2.39 bits per heavy atom. The Balaban J connectivity index is 4.72. The van der Waals surface area contributed by atoms with Gasteiger partial charge in [0.1, 0.15) is 0 Å². The summed E-state index contributed by atoms with van der Waals surface area (Å²) in [4.78, 5) is 11.1. The highest BCUT2D eigenvalue weighted by molar-refractivity contribution is 6.74. The van der Waals surface area contributed by atoms with E-state index in [1.165, 1.54) is 26.4 Å². The number of unbranched alkanes of at least 4 members (excludes halogenated alkanes) is 4. The van der Waals surface area contributed by atoms with Crippen LogP contribution in [0.4, 0.5) is 0 Å². The first kappa shape index (κ1) is 29.2. The Bertz CT molecular complexity index is 675. The van der Waals surface area contributed by atoms with E-state index in [2.05, 4.69) is 93.5 Å². The lowest BCUT2D eigenvalue weighted by Gasteiger charge is -2.38. The summed E-state index contributed by atoms with van der Waals surface area (Å²) in [7, 11) is -0.458. The number of allylic oxidation sites excluding steroid dienone is 3. The van der Waals surface area contributed by atoms with Crippen molar-refractivity contribution >= 4 is 14.3 Å². The van der Waals surface area contributed by atoms with Crippen LogP contribution >= 0.6 is 0 Å². The molecule has 0 bridgehead atoms. The molecule has 0 aromatic carbocycles. The Kier molecular flexibility index (Phi) is 15.9. The van der Waals surface area contributed by atoms with Gasteiger partial charge in [-0.1, -0.05) is 82.6 Å². The molecule has 0 unspecified atom stereocenters. The van der Waals surface area contributed by atoms with Crippen molar-refractivity contribution in [2.75, 3.05) is 7.11 Å². The number of esters is 1. The molecule has 0 heterocycles. The number of carbonyl (C=O) groups excluding carboxylic acids is 1. The van der Waals surface area contributed by atoms with Gasteiger partial charge in [-0.25, -0.2) is 0 Å². The van der Waals surface area contributed by atoms with E-state index < -0.39 is 8.32 Å². The molecule has 0 aliphatic carbocycles. The van der Waals surface area contributed by atoms with Gasteiger partial charge in [0.15, 0.2) is 8.32 Å². The van der Waals surface area contributed by atoms with Gasteiger partial charge in [0.2, 0.25) is 0 Å². The Morgan fingerprint density at radius 2 is 1.74 bits per heavy atom. The van der Waals surface area contributed by atoms with Crippen molar-refractivity contribution in [2.45, 2.75) is 110 Å². The highest BCUT2D eigenvalue weighted by atomic mass is 28.4. The van der Waals surface area contributed by atoms with Gasteiger partial charge in [-0.2, -0.15) is 0 Å². The van der Waals surface area contributed by atoms with Crippen molar-refractivity contribution in [3.63, 3.8) is 0 Å². The fourth-order valence-electron chi connectivity index (χ4n) is 2.43. The largest absolute Gasteiger partial charge is 0.469 e. The lowest BCUT2D eigenvalue weighted by Crippen LogP contribution is -2.43. The molecule has 3 nitrogen and oxygen atoms in total. The average Bonchev–Trinajstić information content (AvgIpc) is 2.70. The molecule has 31 heavy (non-hydrogen) atoms. The lowest BCUT2D eigenvalue weighted by molar-refractivity contribution is -0.140. The highest BCUT2D eigenvalue weighted by Crippen LogP contribution is 2.37. The molecule has 0 fully saturated rings. The topological polar surface area (TPSA) is 35.5 Å². The van der Waals surface area contributed by atoms with E-state index in [0.29, 0.717) is 25.7 Å². The molecule has 1 atom stereocenters. The predicted octanol–water partition coefficient (Wildman–Crippen LogP) is 7.20. The molecule has 0 saturated heterocycles. The smallest absolute Gasteiger partial charge is 0.305 e. The third kappa shape index (κ3) is 15.7. The zero-order chi connectivity index (χ0) is 23.6. The average molecular weight is 445 g/mol. The van der Waals surface area contributed by atoms with Crippen molar-refractivity contribution in [3.8, 4) is 23.7 Å². The number of hydrogen-bond donors (Lipinski definition) is 0. The second-order valence-electron chi connectivity index (χ2n) is 9.24. The van der Waals surface area contributed by atoms with Crippen LogP contribution in [0, 0.1) is 23.7 Å². The van der Waals surface area contributed by atoms with E-state index in [9.17, 15) is 4.79 Å². The zero-order valence-electron chi connectivity index (χ0n) is 21.0. The van der Waals surface area contributed by atoms with Crippen LogP contribution < -0.4 is 0 Å². The maximum atomic E-state index is 11.1. The van der Waals surface area contributed by atoms with Gasteiger partial charge >= 0.3 is 5.97 Å². The van der Waals surface area contributed by atoms with Gasteiger partial charge in [-0.15, -0.1) is 5.92 Å². The fourth-order valence-corrected chi connectivity index (χ4v) is 3.71. The molecule has 0 rings (SSSR count). The molecule has 0 amide bonds. The van der Waals surface area contributed by atoms with E-state index in [4.69, 9.17) is 4.43 Å². The van der Waals surface area contributed by atoms with Crippen molar-refractivity contribution in [1.82, 2.24) is 0 Å². The van der Waals surface area contributed by atoms with Gasteiger partial charge in [0.05, 0.1) is 19.6 Å². The summed E-state index contributed by atoms with van der Waals surface area (Å²) < 4.78 is 11.2. The van der Waals surface area contributed by atoms with Crippen molar-refractivity contribution in [2.24, 2.45) is 0 Å². The van der Waals surface area contributed by atoms with E-state index >= 15 is 0 Å². The minimum atomic E-state index is -1.87. The van der Waals surface area contributed by atoms with Gasteiger partial charge in [-0.05, 0) is 37.4 Å². The number of carbonyl (C=O) groups is 1. The summed E-state index contributed by atoms with van der Waals surface area (Å²) in [5.74, 6) is 12.3. The lowest BCUT2D eigenvalue weighted by atomic mass is 10.2. The van der Waals surface area contributed by atoms with Crippen molar-refractivity contribution in [1.29, 1.82) is 0 Å². The molecule has 0 spiro atoms. The van der Waals surface area contributed by atoms with E-state index in [0.717, 1.165) is 12.8 Å². The van der Waals surface area contributed by atoms with Crippen LogP contribution in [0.5, 0.6) is 0 Å². The van der Waals surface area contributed by atoms with E-state index in [-0.39, 0.29) is 17.1 Å². The summed E-state index contributed by atoms with van der Waals surface area (Å²) in [5.41, 5.74) is 0. The van der Waals surface area contributed by atoms with Gasteiger partial charge in [-0.3, -0.25) is 4.79 Å². The SMILES string of the molecule is CCCCC/C=C\C=C\[C@@H](CC#CCC#CCCCC(=O)OC)O[Si](C)(C)C(C)(C)C. The molecular weight excluding hydrogens is 400 g/mol.